The van der Waals surface area contributed by atoms with E-state index in [1.54, 1.807) is 0 Å². The average molecular weight is 494 g/mol. The van der Waals surface area contributed by atoms with Crippen molar-refractivity contribution in [2.75, 3.05) is 30.8 Å². The van der Waals surface area contributed by atoms with Crippen LogP contribution < -0.4 is 26.6 Å². The molecule has 0 radical (unpaired) electrons. The van der Waals surface area contributed by atoms with Crippen molar-refractivity contribution in [2.45, 2.75) is 31.2 Å². The van der Waals surface area contributed by atoms with Gasteiger partial charge in [-0.05, 0) is 18.9 Å². The van der Waals surface area contributed by atoms with Gasteiger partial charge in [0.2, 0.25) is 0 Å². The van der Waals surface area contributed by atoms with Gasteiger partial charge in [-0.25, -0.2) is 22.4 Å². The summed E-state index contributed by atoms with van der Waals surface area (Å²) in [6.07, 6.45) is -2.05. The van der Waals surface area contributed by atoms with Gasteiger partial charge < -0.3 is 20.5 Å². The Morgan fingerprint density at radius 3 is 2.54 bits per heavy atom. The Hall–Kier alpha value is -3.54. The summed E-state index contributed by atoms with van der Waals surface area (Å²) < 4.78 is 64.9. The molecule has 2 aromatic carbocycles. The number of H-pyrrole nitrogens is 1. The zero-order valence-corrected chi connectivity index (χ0v) is 18.5. The topological polar surface area (TPSA) is 114 Å². The monoisotopic (exact) mass is 494 g/mol. The van der Waals surface area contributed by atoms with Crippen molar-refractivity contribution in [1.29, 1.82) is 0 Å². The number of hydrogen-bond donors (Lipinski definition) is 3. The van der Waals surface area contributed by atoms with Gasteiger partial charge in [0.1, 0.15) is 29.0 Å². The molecule has 1 aromatic heterocycles. The van der Waals surface area contributed by atoms with Crippen LogP contribution >= 0.6 is 0 Å². The number of aromatic nitrogens is 2. The molecule has 1 aliphatic heterocycles. The fourth-order valence-electron chi connectivity index (χ4n) is 4.87. The van der Waals surface area contributed by atoms with E-state index >= 15 is 8.78 Å². The maximum Gasteiger partial charge on any atom is 0.329 e. The van der Waals surface area contributed by atoms with Gasteiger partial charge in [-0.3, -0.25) is 14.3 Å². The fourth-order valence-corrected chi connectivity index (χ4v) is 4.87. The third-order valence-electron chi connectivity index (χ3n) is 6.70. The second-order valence-electron chi connectivity index (χ2n) is 8.89. The molecule has 2 fully saturated rings. The summed E-state index contributed by atoms with van der Waals surface area (Å²) in [6, 6.07) is 2.32. The number of nitrogens with one attached hydrogen (secondary N) is 1. The first-order chi connectivity index (χ1) is 16.6. The summed E-state index contributed by atoms with van der Waals surface area (Å²) in [4.78, 5) is 28.5. The Morgan fingerprint density at radius 2 is 1.91 bits per heavy atom. The highest BCUT2D eigenvalue weighted by molar-refractivity contribution is 5.99. The van der Waals surface area contributed by atoms with Gasteiger partial charge >= 0.3 is 5.69 Å². The Kier molecular flexibility index (Phi) is 5.50. The zero-order valence-electron chi connectivity index (χ0n) is 18.5. The van der Waals surface area contributed by atoms with Crippen molar-refractivity contribution in [1.82, 2.24) is 9.55 Å². The Balaban J connectivity index is 1.64. The first-order valence-electron chi connectivity index (χ1n) is 11.0. The quantitative estimate of drug-likeness (QED) is 0.371. The van der Waals surface area contributed by atoms with E-state index in [4.69, 9.17) is 10.5 Å². The molecule has 1 saturated heterocycles. The third kappa shape index (κ3) is 3.63. The number of benzene rings is 2. The van der Waals surface area contributed by atoms with Crippen molar-refractivity contribution in [3.05, 3.63) is 62.1 Å². The van der Waals surface area contributed by atoms with Crippen LogP contribution in [-0.2, 0) is 0 Å². The van der Waals surface area contributed by atoms with Crippen LogP contribution in [-0.4, -0.2) is 41.0 Å². The van der Waals surface area contributed by atoms with Crippen LogP contribution in [0.2, 0.25) is 0 Å². The van der Waals surface area contributed by atoms with Crippen molar-refractivity contribution in [3.8, 4) is 5.75 Å². The number of fused-ring (bicyclic) bond motifs is 1. The number of nitrogens with two attached hydrogens (primary N) is 1. The van der Waals surface area contributed by atoms with E-state index in [2.05, 4.69) is 4.98 Å². The number of hydrogen-bond acceptors (Lipinski definition) is 6. The number of methoxy groups -OCH3 is 1. The average Bonchev–Trinajstić information content (AvgIpc) is 3.56. The van der Waals surface area contributed by atoms with Crippen molar-refractivity contribution in [3.63, 3.8) is 0 Å². The largest absolute Gasteiger partial charge is 0.492 e. The van der Waals surface area contributed by atoms with E-state index < -0.39 is 59.1 Å². The number of rotatable bonds is 5. The summed E-state index contributed by atoms with van der Waals surface area (Å²) in [5, 5.41) is 10.4. The second-order valence-corrected chi connectivity index (χ2v) is 8.89. The van der Waals surface area contributed by atoms with Gasteiger partial charge in [0, 0.05) is 36.7 Å². The van der Waals surface area contributed by atoms with E-state index in [0.29, 0.717) is 18.9 Å². The molecule has 0 amide bonds. The number of alkyl halides is 1. The molecule has 186 valence electrons. The lowest BCUT2D eigenvalue weighted by Gasteiger charge is -2.25. The molecular weight excluding hydrogens is 472 g/mol. The van der Waals surface area contributed by atoms with Gasteiger partial charge in [0.05, 0.1) is 24.3 Å². The summed E-state index contributed by atoms with van der Waals surface area (Å²) in [5.41, 5.74) is 3.31. The summed E-state index contributed by atoms with van der Waals surface area (Å²) in [6.45, 7) is -0.673. The smallest absolute Gasteiger partial charge is 0.329 e. The molecule has 35 heavy (non-hydrogen) atoms. The Labute approximate surface area is 195 Å². The highest BCUT2D eigenvalue weighted by Gasteiger charge is 2.42. The molecule has 1 saturated carbocycles. The lowest BCUT2D eigenvalue weighted by molar-refractivity contribution is 0.0769. The van der Waals surface area contributed by atoms with Gasteiger partial charge in [-0.1, -0.05) is 6.07 Å². The van der Waals surface area contributed by atoms with Gasteiger partial charge in [0.15, 0.2) is 11.6 Å². The maximum atomic E-state index is 15.6. The molecule has 3 atom stereocenters. The van der Waals surface area contributed by atoms with Crippen molar-refractivity contribution >= 4 is 22.3 Å². The van der Waals surface area contributed by atoms with Crippen LogP contribution in [0.4, 0.5) is 28.9 Å². The molecule has 4 N–H and O–H groups in total. The molecule has 0 bridgehead atoms. The summed E-state index contributed by atoms with van der Waals surface area (Å²) in [5.74, 6) is -4.29. The minimum atomic E-state index is -1.72. The predicted molar refractivity (Wildman–Crippen MR) is 120 cm³/mol. The molecule has 8 nitrogen and oxygen atoms in total. The van der Waals surface area contributed by atoms with E-state index in [1.807, 2.05) is 0 Å². The lowest BCUT2D eigenvalue weighted by atomic mass is 9.93. The first-order valence-corrected chi connectivity index (χ1v) is 11.0. The number of aromatic amines is 1. The van der Waals surface area contributed by atoms with E-state index in [1.165, 1.54) is 16.6 Å². The van der Waals surface area contributed by atoms with E-state index in [-0.39, 0.29) is 40.5 Å². The molecule has 2 heterocycles. The number of ether oxygens (including phenoxy) is 1. The minimum Gasteiger partial charge on any atom is -0.492 e. The summed E-state index contributed by atoms with van der Waals surface area (Å²) >= 11 is 0. The maximum absolute atomic E-state index is 15.6. The molecule has 5 rings (SSSR count). The lowest BCUT2D eigenvalue weighted by Crippen LogP contribution is -2.32. The highest BCUT2D eigenvalue weighted by atomic mass is 19.1. The fraction of sp³-hybridized carbons (Fsp3) is 0.391. The Morgan fingerprint density at radius 1 is 1.20 bits per heavy atom. The van der Waals surface area contributed by atoms with Crippen LogP contribution in [0.1, 0.15) is 30.6 Å². The van der Waals surface area contributed by atoms with Crippen LogP contribution in [0, 0.1) is 23.4 Å². The number of aliphatic hydroxyl groups excluding tert-OH is 1. The van der Waals surface area contributed by atoms with Gasteiger partial charge in [0.25, 0.3) is 5.56 Å². The highest BCUT2D eigenvalue weighted by Crippen LogP contribution is 2.47. The molecule has 2 aliphatic rings. The van der Waals surface area contributed by atoms with E-state index in [9.17, 15) is 23.5 Å². The van der Waals surface area contributed by atoms with E-state index in [0.717, 1.165) is 12.1 Å². The molecule has 3 aromatic rings. The van der Waals surface area contributed by atoms with Crippen LogP contribution in [0.15, 0.2) is 27.8 Å². The first kappa shape index (κ1) is 23.2. The Bertz CT molecular complexity index is 1450. The number of nitrogen functional groups attached to an aromatic ring is 1. The minimum absolute atomic E-state index is 0.00151. The molecular formula is C23H22F4N4O4. The van der Waals surface area contributed by atoms with Crippen molar-refractivity contribution < 1.29 is 27.4 Å². The normalized spacial score (nSPS) is 21.0. The van der Waals surface area contributed by atoms with Gasteiger partial charge in [-0.15, -0.1) is 0 Å². The number of nitrogens with zero attached hydrogens (tertiary/aromatic N) is 2. The number of aliphatic hydroxyl groups is 1. The third-order valence-corrected chi connectivity index (χ3v) is 6.70. The van der Waals surface area contributed by atoms with Crippen LogP contribution in [0.5, 0.6) is 5.75 Å². The van der Waals surface area contributed by atoms with Crippen LogP contribution in [0.25, 0.3) is 10.9 Å². The molecule has 12 heteroatoms. The molecule has 3 unspecified atom stereocenters. The van der Waals surface area contributed by atoms with Crippen molar-refractivity contribution in [2.24, 2.45) is 5.92 Å². The standard InChI is InChI=1S/C23H22F4N4O4/c1-35-21-18-15(22(33)29-23(34)31(18)10-3-4-10)17(28)16(27)19(21)30-7-12(14(26)8-30)20(32)11-5-2-9(24)6-13(11)25/h2,5-6,10,12,14,20,32H,3-4,7-8,28H2,1H3,(H,29,33,34). The second kappa shape index (κ2) is 8.29. The predicted octanol–water partition coefficient (Wildman–Crippen LogP) is 2.54. The number of halogens is 4. The SMILES string of the molecule is COc1c(N2CC(F)C(C(O)c3ccc(F)cc3F)C2)c(F)c(N)c2c(=O)[nH]c(=O)n(C3CC3)c12. The van der Waals surface area contributed by atoms with Crippen LogP contribution in [0.3, 0.4) is 0 Å². The molecule has 1 aliphatic carbocycles. The summed E-state index contributed by atoms with van der Waals surface area (Å²) in [7, 11) is 1.22. The number of anilines is 2. The zero-order chi connectivity index (χ0) is 25.2. The molecule has 0 spiro atoms. The van der Waals surface area contributed by atoms with Gasteiger partial charge in [-0.2, -0.15) is 0 Å².